The lowest BCUT2D eigenvalue weighted by atomic mass is 9.85. The highest BCUT2D eigenvalue weighted by Crippen LogP contribution is 2.34. The van der Waals surface area contributed by atoms with E-state index >= 15 is 0 Å². The van der Waals surface area contributed by atoms with Crippen LogP contribution < -0.4 is 5.32 Å². The van der Waals surface area contributed by atoms with Crippen molar-refractivity contribution < 1.29 is 4.74 Å². The van der Waals surface area contributed by atoms with Gasteiger partial charge in [0.1, 0.15) is 0 Å². The van der Waals surface area contributed by atoms with Gasteiger partial charge < -0.3 is 10.1 Å². The summed E-state index contributed by atoms with van der Waals surface area (Å²) < 4.78 is 5.82. The first-order valence-corrected chi connectivity index (χ1v) is 6.70. The molecule has 2 heteroatoms. The fourth-order valence-electron chi connectivity index (χ4n) is 3.25. The molecular formula is C15H21NO. The van der Waals surface area contributed by atoms with Crippen molar-refractivity contribution >= 4 is 0 Å². The molecule has 0 saturated carbocycles. The quantitative estimate of drug-likeness (QED) is 0.802. The summed E-state index contributed by atoms with van der Waals surface area (Å²) in [6.07, 6.45) is 3.12. The van der Waals surface area contributed by atoms with E-state index in [1.165, 1.54) is 16.7 Å². The molecule has 2 aliphatic rings. The van der Waals surface area contributed by atoms with Gasteiger partial charge in [-0.2, -0.15) is 0 Å². The van der Waals surface area contributed by atoms with Crippen molar-refractivity contribution in [2.45, 2.75) is 57.9 Å². The molecule has 2 nitrogen and oxygen atoms in total. The number of hydrogen-bond donors (Lipinski definition) is 1. The zero-order valence-electron chi connectivity index (χ0n) is 10.7. The van der Waals surface area contributed by atoms with Gasteiger partial charge in [-0.1, -0.05) is 18.2 Å². The maximum Gasteiger partial charge on any atom is 0.0556 e. The van der Waals surface area contributed by atoms with Crippen LogP contribution in [0.5, 0.6) is 0 Å². The first kappa shape index (κ1) is 11.2. The summed E-state index contributed by atoms with van der Waals surface area (Å²) in [6.45, 7) is 6.46. The minimum absolute atomic E-state index is 0.398. The Labute approximate surface area is 103 Å². The van der Waals surface area contributed by atoms with Crippen molar-refractivity contribution in [3.63, 3.8) is 0 Å². The average molecular weight is 231 g/mol. The molecule has 0 aliphatic carbocycles. The molecular weight excluding hydrogens is 210 g/mol. The zero-order chi connectivity index (χ0) is 11.8. The van der Waals surface area contributed by atoms with Crippen molar-refractivity contribution in [3.05, 3.63) is 34.9 Å². The van der Waals surface area contributed by atoms with Crippen molar-refractivity contribution in [2.24, 2.45) is 0 Å². The van der Waals surface area contributed by atoms with Crippen LogP contribution in [0.25, 0.3) is 0 Å². The van der Waals surface area contributed by atoms with Crippen molar-refractivity contribution in [3.8, 4) is 0 Å². The Hall–Kier alpha value is -0.860. The molecule has 0 aromatic heterocycles. The number of ether oxygens (including phenoxy) is 1. The summed E-state index contributed by atoms with van der Waals surface area (Å²) in [4.78, 5) is 0. The Bertz CT molecular complexity index is 405. The number of rotatable bonds is 1. The van der Waals surface area contributed by atoms with Crippen LogP contribution in [0.3, 0.4) is 0 Å². The maximum absolute atomic E-state index is 5.82. The smallest absolute Gasteiger partial charge is 0.0556 e. The number of nitrogens with one attached hydrogen (secondary N) is 1. The fraction of sp³-hybridized carbons (Fsp3) is 0.600. The molecule has 0 amide bonds. The van der Waals surface area contributed by atoms with Crippen LogP contribution in [0.1, 0.15) is 49.3 Å². The topological polar surface area (TPSA) is 21.3 Å². The van der Waals surface area contributed by atoms with E-state index in [9.17, 15) is 0 Å². The van der Waals surface area contributed by atoms with Crippen molar-refractivity contribution in [1.82, 2.24) is 5.32 Å². The van der Waals surface area contributed by atoms with E-state index < -0.39 is 0 Å². The molecule has 1 saturated heterocycles. The molecule has 3 atom stereocenters. The van der Waals surface area contributed by atoms with E-state index in [0.29, 0.717) is 18.1 Å². The van der Waals surface area contributed by atoms with Crippen molar-refractivity contribution in [1.29, 1.82) is 0 Å². The Morgan fingerprint density at radius 3 is 2.53 bits per heavy atom. The maximum atomic E-state index is 5.82. The SMILES string of the molecule is C[C@@H]1CC(c2ccc3c(c2)CNC3)C[C@H](C)O1. The number of benzene rings is 1. The van der Waals surface area contributed by atoms with Crippen LogP contribution in [0.4, 0.5) is 0 Å². The lowest BCUT2D eigenvalue weighted by Crippen LogP contribution is -2.28. The molecule has 17 heavy (non-hydrogen) atoms. The Morgan fingerprint density at radius 1 is 1.06 bits per heavy atom. The van der Waals surface area contributed by atoms with Crippen LogP contribution >= 0.6 is 0 Å². The fourth-order valence-corrected chi connectivity index (χ4v) is 3.25. The molecule has 1 fully saturated rings. The molecule has 1 unspecified atom stereocenters. The summed E-state index contributed by atoms with van der Waals surface area (Å²) >= 11 is 0. The largest absolute Gasteiger partial charge is 0.376 e. The molecule has 1 N–H and O–H groups in total. The first-order valence-electron chi connectivity index (χ1n) is 6.70. The van der Waals surface area contributed by atoms with Crippen LogP contribution in [0.15, 0.2) is 18.2 Å². The molecule has 92 valence electrons. The summed E-state index contributed by atoms with van der Waals surface area (Å²) in [6, 6.07) is 7.03. The van der Waals surface area contributed by atoms with Gasteiger partial charge in [0, 0.05) is 13.1 Å². The average Bonchev–Trinajstić information content (AvgIpc) is 2.74. The molecule has 0 spiro atoms. The Balaban J connectivity index is 1.83. The molecule has 2 aliphatic heterocycles. The monoisotopic (exact) mass is 231 g/mol. The van der Waals surface area contributed by atoms with E-state index in [4.69, 9.17) is 4.74 Å². The third-order valence-corrected chi connectivity index (χ3v) is 4.03. The minimum Gasteiger partial charge on any atom is -0.376 e. The molecule has 1 aromatic carbocycles. The summed E-state index contributed by atoms with van der Waals surface area (Å²) in [5.41, 5.74) is 4.48. The van der Waals surface area contributed by atoms with E-state index in [-0.39, 0.29) is 0 Å². The van der Waals surface area contributed by atoms with E-state index in [2.05, 4.69) is 37.4 Å². The van der Waals surface area contributed by atoms with Gasteiger partial charge in [0.15, 0.2) is 0 Å². The second kappa shape index (κ2) is 4.43. The van der Waals surface area contributed by atoms with E-state index in [0.717, 1.165) is 25.9 Å². The minimum atomic E-state index is 0.398. The second-order valence-corrected chi connectivity index (χ2v) is 5.56. The Morgan fingerprint density at radius 2 is 1.76 bits per heavy atom. The van der Waals surface area contributed by atoms with Gasteiger partial charge >= 0.3 is 0 Å². The van der Waals surface area contributed by atoms with Crippen LogP contribution in [0.2, 0.25) is 0 Å². The molecule has 2 heterocycles. The summed E-state index contributed by atoms with van der Waals surface area (Å²) in [5.74, 6) is 0.680. The third kappa shape index (κ3) is 2.24. The van der Waals surface area contributed by atoms with E-state index in [1.54, 1.807) is 0 Å². The van der Waals surface area contributed by atoms with Gasteiger partial charge in [-0.05, 0) is 49.3 Å². The zero-order valence-corrected chi connectivity index (χ0v) is 10.7. The second-order valence-electron chi connectivity index (χ2n) is 5.56. The number of hydrogen-bond acceptors (Lipinski definition) is 2. The van der Waals surface area contributed by atoms with Gasteiger partial charge in [0.05, 0.1) is 12.2 Å². The van der Waals surface area contributed by atoms with Gasteiger partial charge in [0.2, 0.25) is 0 Å². The van der Waals surface area contributed by atoms with Crippen LogP contribution in [-0.4, -0.2) is 12.2 Å². The van der Waals surface area contributed by atoms with Crippen LogP contribution in [0, 0.1) is 0 Å². The highest BCUT2D eigenvalue weighted by atomic mass is 16.5. The van der Waals surface area contributed by atoms with Gasteiger partial charge in [-0.3, -0.25) is 0 Å². The van der Waals surface area contributed by atoms with E-state index in [1.807, 2.05) is 0 Å². The molecule has 1 aromatic rings. The van der Waals surface area contributed by atoms with Crippen LogP contribution in [-0.2, 0) is 17.8 Å². The predicted octanol–water partition coefficient (Wildman–Crippen LogP) is 2.96. The highest BCUT2D eigenvalue weighted by Gasteiger charge is 2.26. The normalized spacial score (nSPS) is 32.5. The molecule has 0 radical (unpaired) electrons. The number of fused-ring (bicyclic) bond motifs is 1. The lowest BCUT2D eigenvalue weighted by molar-refractivity contribution is -0.0380. The standard InChI is InChI=1S/C15H21NO/c1-10-5-14(6-11(2)17-10)12-3-4-13-8-16-9-15(13)7-12/h3-4,7,10-11,14,16H,5-6,8-9H2,1-2H3/t10-,11+,14?. The molecule has 0 bridgehead atoms. The lowest BCUT2D eigenvalue weighted by Gasteiger charge is -2.32. The molecule has 3 rings (SSSR count). The summed E-state index contributed by atoms with van der Waals surface area (Å²) in [5, 5.41) is 3.41. The Kier molecular flexibility index (Phi) is 2.93. The first-order chi connectivity index (χ1) is 8.22. The summed E-state index contributed by atoms with van der Waals surface area (Å²) in [7, 11) is 0. The van der Waals surface area contributed by atoms with Crippen molar-refractivity contribution in [2.75, 3.05) is 0 Å². The third-order valence-electron chi connectivity index (χ3n) is 4.03. The van der Waals surface area contributed by atoms with Gasteiger partial charge in [-0.15, -0.1) is 0 Å². The van der Waals surface area contributed by atoms with Gasteiger partial charge in [0.25, 0.3) is 0 Å². The highest BCUT2D eigenvalue weighted by molar-refractivity contribution is 5.36. The predicted molar refractivity (Wildman–Crippen MR) is 69.0 cm³/mol. The van der Waals surface area contributed by atoms with Gasteiger partial charge in [-0.25, -0.2) is 0 Å².